The van der Waals surface area contributed by atoms with Gasteiger partial charge in [-0.3, -0.25) is 9.59 Å². The van der Waals surface area contributed by atoms with E-state index in [4.69, 9.17) is 10.5 Å². The molecule has 146 valence electrons. The molecule has 0 aromatic heterocycles. The predicted molar refractivity (Wildman–Crippen MR) is 104 cm³/mol. The molecule has 0 aliphatic carbocycles. The van der Waals surface area contributed by atoms with Crippen molar-refractivity contribution in [2.75, 3.05) is 26.2 Å². The summed E-state index contributed by atoms with van der Waals surface area (Å²) in [5.41, 5.74) is 5.39. The fourth-order valence-electron chi connectivity index (χ4n) is 3.07. The number of carbonyl (C=O) groups excluding carboxylic acids is 2. The number of nitrogens with one attached hydrogen (secondary N) is 1. The summed E-state index contributed by atoms with van der Waals surface area (Å²) in [7, 11) is 0. The van der Waals surface area contributed by atoms with Gasteiger partial charge in [-0.2, -0.15) is 0 Å². The lowest BCUT2D eigenvalue weighted by molar-refractivity contribution is -0.135. The molecule has 1 unspecified atom stereocenters. The fourth-order valence-corrected chi connectivity index (χ4v) is 3.07. The number of hydrogen-bond donors (Lipinski definition) is 2. The summed E-state index contributed by atoms with van der Waals surface area (Å²) in [5.74, 6) is 0.930. The number of rotatable bonds is 9. The Bertz CT molecular complexity index is 542. The van der Waals surface area contributed by atoms with Crippen molar-refractivity contribution in [2.24, 2.45) is 5.73 Å². The van der Waals surface area contributed by atoms with Gasteiger partial charge >= 0.3 is 0 Å². The fraction of sp³-hybridized carbons (Fsp3) is 0.579. The Hall–Kier alpha value is -1.79. The van der Waals surface area contributed by atoms with E-state index in [9.17, 15) is 9.59 Å². The minimum atomic E-state index is -0.0447. The maximum atomic E-state index is 12.5. The number of likely N-dealkylation sites (tertiary alicyclic amines) is 1. The van der Waals surface area contributed by atoms with Crippen LogP contribution in [0.15, 0.2) is 30.3 Å². The Labute approximate surface area is 161 Å². The van der Waals surface area contributed by atoms with Gasteiger partial charge in [-0.05, 0) is 37.8 Å². The Balaban J connectivity index is 0.00000338. The number of nitrogens with zero attached hydrogens (tertiary/aromatic N) is 1. The number of piperidine rings is 1. The van der Waals surface area contributed by atoms with Gasteiger partial charge in [-0.1, -0.05) is 18.2 Å². The van der Waals surface area contributed by atoms with Crippen molar-refractivity contribution < 1.29 is 14.3 Å². The lowest BCUT2D eigenvalue weighted by Gasteiger charge is -2.36. The molecule has 1 saturated heterocycles. The maximum absolute atomic E-state index is 12.5. The second-order valence-corrected chi connectivity index (χ2v) is 6.34. The highest BCUT2D eigenvalue weighted by Crippen LogP contribution is 2.18. The molecule has 1 aromatic rings. The molecule has 1 heterocycles. The third-order valence-corrected chi connectivity index (χ3v) is 4.40. The van der Waals surface area contributed by atoms with E-state index in [0.717, 1.165) is 31.6 Å². The van der Waals surface area contributed by atoms with E-state index in [0.29, 0.717) is 39.0 Å². The summed E-state index contributed by atoms with van der Waals surface area (Å²) in [4.78, 5) is 26.1. The van der Waals surface area contributed by atoms with Crippen LogP contribution < -0.4 is 15.8 Å². The van der Waals surface area contributed by atoms with E-state index in [-0.39, 0.29) is 30.3 Å². The number of carbonyl (C=O) groups is 2. The molecular formula is C19H30ClN3O3. The smallest absolute Gasteiger partial charge is 0.223 e. The zero-order valence-corrected chi connectivity index (χ0v) is 16.0. The highest BCUT2D eigenvalue weighted by Gasteiger charge is 2.26. The Kier molecular flexibility index (Phi) is 10.7. The first-order chi connectivity index (χ1) is 12.2. The molecular weight excluding hydrogens is 354 g/mol. The van der Waals surface area contributed by atoms with Gasteiger partial charge in [-0.25, -0.2) is 0 Å². The molecule has 0 radical (unpaired) electrons. The van der Waals surface area contributed by atoms with Crippen LogP contribution in [0.25, 0.3) is 0 Å². The third-order valence-electron chi connectivity index (χ3n) is 4.40. The van der Waals surface area contributed by atoms with E-state index in [1.165, 1.54) is 0 Å². The monoisotopic (exact) mass is 383 g/mol. The normalized spacial score (nSPS) is 16.5. The van der Waals surface area contributed by atoms with Crippen molar-refractivity contribution >= 4 is 24.2 Å². The molecule has 1 fully saturated rings. The summed E-state index contributed by atoms with van der Waals surface area (Å²) >= 11 is 0. The van der Waals surface area contributed by atoms with E-state index in [1.54, 1.807) is 0 Å². The standard InChI is InChI=1S/C19H29N3O3.ClH/c20-12-11-18(23)21-15-16-7-4-5-13-22(16)19(24)10-6-14-25-17-8-2-1-3-9-17;/h1-3,8-9,16H,4-7,10-15,20H2,(H,21,23);1H. The second-order valence-electron chi connectivity index (χ2n) is 6.34. The number of amides is 2. The molecule has 26 heavy (non-hydrogen) atoms. The molecule has 7 heteroatoms. The molecule has 1 aliphatic heterocycles. The summed E-state index contributed by atoms with van der Waals surface area (Å²) in [5, 5.41) is 2.89. The number of nitrogens with two attached hydrogens (primary N) is 1. The van der Waals surface area contributed by atoms with Crippen molar-refractivity contribution in [1.82, 2.24) is 10.2 Å². The Morgan fingerprint density at radius 2 is 1.96 bits per heavy atom. The minimum absolute atomic E-state index is 0. The van der Waals surface area contributed by atoms with E-state index < -0.39 is 0 Å². The van der Waals surface area contributed by atoms with Gasteiger partial charge in [0.15, 0.2) is 0 Å². The third kappa shape index (κ3) is 7.62. The minimum Gasteiger partial charge on any atom is -0.494 e. The van der Waals surface area contributed by atoms with Crippen LogP contribution >= 0.6 is 12.4 Å². The Morgan fingerprint density at radius 3 is 2.69 bits per heavy atom. The van der Waals surface area contributed by atoms with Crippen LogP contribution in [0.4, 0.5) is 0 Å². The van der Waals surface area contributed by atoms with Gasteiger partial charge in [-0.15, -0.1) is 12.4 Å². The number of hydrogen-bond acceptors (Lipinski definition) is 4. The first-order valence-electron chi connectivity index (χ1n) is 9.15. The Morgan fingerprint density at radius 1 is 1.19 bits per heavy atom. The summed E-state index contributed by atoms with van der Waals surface area (Å²) in [6.07, 6.45) is 4.56. The summed E-state index contributed by atoms with van der Waals surface area (Å²) < 4.78 is 5.64. The molecule has 0 bridgehead atoms. The molecule has 0 saturated carbocycles. The van der Waals surface area contributed by atoms with E-state index >= 15 is 0 Å². The number of halogens is 1. The number of para-hydroxylation sites is 1. The molecule has 0 spiro atoms. The second kappa shape index (κ2) is 12.5. The zero-order valence-electron chi connectivity index (χ0n) is 15.2. The van der Waals surface area contributed by atoms with Crippen molar-refractivity contribution in [3.05, 3.63) is 30.3 Å². The number of ether oxygens (including phenoxy) is 1. The molecule has 1 aromatic carbocycles. The van der Waals surface area contributed by atoms with Crippen LogP contribution in [0.1, 0.15) is 38.5 Å². The van der Waals surface area contributed by atoms with E-state index in [2.05, 4.69) is 5.32 Å². The molecule has 1 atom stereocenters. The van der Waals surface area contributed by atoms with Crippen LogP contribution in [0.5, 0.6) is 5.75 Å². The van der Waals surface area contributed by atoms with Gasteiger partial charge in [0.25, 0.3) is 0 Å². The lowest BCUT2D eigenvalue weighted by Crippen LogP contribution is -2.49. The van der Waals surface area contributed by atoms with Gasteiger partial charge in [0.2, 0.25) is 11.8 Å². The largest absolute Gasteiger partial charge is 0.494 e. The van der Waals surface area contributed by atoms with Gasteiger partial charge < -0.3 is 20.7 Å². The lowest BCUT2D eigenvalue weighted by atomic mass is 10.0. The van der Waals surface area contributed by atoms with Crippen LogP contribution in [0, 0.1) is 0 Å². The van der Waals surface area contributed by atoms with Crippen molar-refractivity contribution in [1.29, 1.82) is 0 Å². The van der Waals surface area contributed by atoms with Gasteiger partial charge in [0.1, 0.15) is 5.75 Å². The summed E-state index contributed by atoms with van der Waals surface area (Å²) in [6, 6.07) is 9.71. The first kappa shape index (κ1) is 22.3. The van der Waals surface area contributed by atoms with Gasteiger partial charge in [0, 0.05) is 38.5 Å². The molecule has 1 aliphatic rings. The maximum Gasteiger partial charge on any atom is 0.223 e. The number of benzene rings is 1. The van der Waals surface area contributed by atoms with Crippen LogP contribution in [-0.2, 0) is 9.59 Å². The summed E-state index contributed by atoms with van der Waals surface area (Å²) in [6.45, 7) is 2.17. The zero-order chi connectivity index (χ0) is 17.9. The topological polar surface area (TPSA) is 84.7 Å². The van der Waals surface area contributed by atoms with Crippen LogP contribution in [0.3, 0.4) is 0 Å². The van der Waals surface area contributed by atoms with Crippen molar-refractivity contribution in [3.8, 4) is 5.75 Å². The van der Waals surface area contributed by atoms with Gasteiger partial charge in [0.05, 0.1) is 6.61 Å². The highest BCUT2D eigenvalue weighted by atomic mass is 35.5. The van der Waals surface area contributed by atoms with Crippen LogP contribution in [0.2, 0.25) is 0 Å². The molecule has 3 N–H and O–H groups in total. The average molecular weight is 384 g/mol. The van der Waals surface area contributed by atoms with E-state index in [1.807, 2.05) is 35.2 Å². The molecule has 2 amide bonds. The SMILES string of the molecule is Cl.NCCC(=O)NCC1CCCCN1C(=O)CCCOc1ccccc1. The van der Waals surface area contributed by atoms with Crippen molar-refractivity contribution in [2.45, 2.75) is 44.6 Å². The molecule has 2 rings (SSSR count). The quantitative estimate of drug-likeness (QED) is 0.639. The van der Waals surface area contributed by atoms with Crippen molar-refractivity contribution in [3.63, 3.8) is 0 Å². The predicted octanol–water partition coefficient (Wildman–Crippen LogP) is 2.11. The first-order valence-corrected chi connectivity index (χ1v) is 9.15. The highest BCUT2D eigenvalue weighted by molar-refractivity contribution is 5.85. The van der Waals surface area contributed by atoms with Crippen LogP contribution in [-0.4, -0.2) is 49.0 Å². The molecule has 6 nitrogen and oxygen atoms in total. The average Bonchev–Trinajstić information content (AvgIpc) is 2.65.